The van der Waals surface area contributed by atoms with Gasteiger partial charge in [-0.25, -0.2) is 4.79 Å². The zero-order valence-corrected chi connectivity index (χ0v) is 17.0. The summed E-state index contributed by atoms with van der Waals surface area (Å²) in [5, 5.41) is 14.0. The van der Waals surface area contributed by atoms with E-state index in [1.807, 2.05) is 19.1 Å². The lowest BCUT2D eigenvalue weighted by Crippen LogP contribution is -2.15. The first-order valence-electron chi connectivity index (χ1n) is 9.37. The molecule has 30 heavy (non-hydrogen) atoms. The van der Waals surface area contributed by atoms with E-state index in [1.165, 1.54) is 6.07 Å². The number of carbonyl (C=O) groups is 3. The van der Waals surface area contributed by atoms with Crippen LogP contribution in [0.5, 0.6) is 11.5 Å². The molecule has 0 heterocycles. The Balaban J connectivity index is 2.36. The van der Waals surface area contributed by atoms with Gasteiger partial charge in [0, 0.05) is 29.8 Å². The van der Waals surface area contributed by atoms with Gasteiger partial charge in [-0.05, 0) is 32.9 Å². The lowest BCUT2D eigenvalue weighted by atomic mass is 10.1. The van der Waals surface area contributed by atoms with Crippen molar-refractivity contribution >= 4 is 29.2 Å². The van der Waals surface area contributed by atoms with E-state index in [1.54, 1.807) is 32.0 Å². The summed E-state index contributed by atoms with van der Waals surface area (Å²) in [6, 6.07) is 10.2. The number of carboxylic acids is 1. The summed E-state index contributed by atoms with van der Waals surface area (Å²) in [4.78, 5) is 35.2. The standard InChI is InChI=1S/C22H24N2O6/c1-4-29-18-13-17(24-22(28)15-8-6-14(3)7-9-15)19(30-5-2)12-16(18)23-20(25)10-11-21(26)27/h6-13H,4-5H2,1-3H3,(H,23,25)(H,24,28)(H,26,27). The van der Waals surface area contributed by atoms with E-state index < -0.39 is 11.9 Å². The molecule has 0 fully saturated rings. The van der Waals surface area contributed by atoms with Crippen LogP contribution in [0.1, 0.15) is 29.8 Å². The molecule has 158 valence electrons. The number of benzene rings is 2. The van der Waals surface area contributed by atoms with E-state index in [-0.39, 0.29) is 11.6 Å². The number of hydrogen-bond donors (Lipinski definition) is 3. The average Bonchev–Trinajstić information content (AvgIpc) is 2.70. The number of aryl methyl sites for hydroxylation is 1. The summed E-state index contributed by atoms with van der Waals surface area (Å²) < 4.78 is 11.2. The van der Waals surface area contributed by atoms with Crippen LogP contribution in [-0.4, -0.2) is 36.1 Å². The highest BCUT2D eigenvalue weighted by Gasteiger charge is 2.16. The second-order valence-electron chi connectivity index (χ2n) is 6.19. The third kappa shape index (κ3) is 6.37. The molecule has 0 spiro atoms. The van der Waals surface area contributed by atoms with Crippen molar-refractivity contribution in [2.75, 3.05) is 23.8 Å². The van der Waals surface area contributed by atoms with Crippen molar-refractivity contribution < 1.29 is 29.0 Å². The SMILES string of the molecule is CCOc1cc(NC(=O)c2ccc(C)cc2)c(OCC)cc1NC(=O)C=CC(=O)O. The van der Waals surface area contributed by atoms with Gasteiger partial charge in [0.2, 0.25) is 5.91 Å². The van der Waals surface area contributed by atoms with Crippen molar-refractivity contribution in [1.82, 2.24) is 0 Å². The molecule has 2 amide bonds. The summed E-state index contributed by atoms with van der Waals surface area (Å²) in [5.74, 6) is -1.56. The Bertz CT molecular complexity index is 951. The molecule has 0 aromatic heterocycles. The fraction of sp³-hybridized carbons (Fsp3) is 0.227. The van der Waals surface area contributed by atoms with Gasteiger partial charge in [0.1, 0.15) is 11.5 Å². The number of nitrogens with one attached hydrogen (secondary N) is 2. The molecule has 0 unspecified atom stereocenters. The molecule has 0 aliphatic carbocycles. The first kappa shape index (κ1) is 22.5. The van der Waals surface area contributed by atoms with Gasteiger partial charge in [0.15, 0.2) is 0 Å². The molecule has 0 saturated carbocycles. The number of rotatable bonds is 9. The van der Waals surface area contributed by atoms with Crippen molar-refractivity contribution in [3.05, 3.63) is 59.7 Å². The zero-order valence-electron chi connectivity index (χ0n) is 17.0. The largest absolute Gasteiger partial charge is 0.492 e. The highest BCUT2D eigenvalue weighted by Crippen LogP contribution is 2.37. The molecular formula is C22H24N2O6. The van der Waals surface area contributed by atoms with Crippen molar-refractivity contribution in [2.45, 2.75) is 20.8 Å². The first-order chi connectivity index (χ1) is 14.3. The van der Waals surface area contributed by atoms with E-state index in [9.17, 15) is 14.4 Å². The normalized spacial score (nSPS) is 10.5. The predicted molar refractivity (Wildman–Crippen MR) is 113 cm³/mol. The van der Waals surface area contributed by atoms with E-state index >= 15 is 0 Å². The number of hydrogen-bond acceptors (Lipinski definition) is 5. The number of carboxylic acid groups (broad SMARTS) is 1. The summed E-state index contributed by atoms with van der Waals surface area (Å²) in [7, 11) is 0. The third-order valence-electron chi connectivity index (χ3n) is 3.88. The van der Waals surface area contributed by atoms with Gasteiger partial charge in [0.05, 0.1) is 24.6 Å². The molecule has 0 aliphatic heterocycles. The van der Waals surface area contributed by atoms with Crippen LogP contribution in [0.2, 0.25) is 0 Å². The summed E-state index contributed by atoms with van der Waals surface area (Å²) in [6.07, 6.45) is 1.63. The lowest BCUT2D eigenvalue weighted by molar-refractivity contribution is -0.131. The first-order valence-corrected chi connectivity index (χ1v) is 9.37. The number of ether oxygens (including phenoxy) is 2. The maximum Gasteiger partial charge on any atom is 0.328 e. The minimum Gasteiger partial charge on any atom is -0.492 e. The highest BCUT2D eigenvalue weighted by atomic mass is 16.5. The van der Waals surface area contributed by atoms with Crippen LogP contribution in [-0.2, 0) is 9.59 Å². The molecule has 0 bridgehead atoms. The Morgan fingerprint density at radius 1 is 0.900 bits per heavy atom. The van der Waals surface area contributed by atoms with E-state index in [0.29, 0.717) is 36.0 Å². The van der Waals surface area contributed by atoms with Crippen molar-refractivity contribution in [1.29, 1.82) is 0 Å². The van der Waals surface area contributed by atoms with E-state index in [2.05, 4.69) is 10.6 Å². The number of aliphatic carboxylic acids is 1. The Morgan fingerprint density at radius 3 is 1.93 bits per heavy atom. The highest BCUT2D eigenvalue weighted by molar-refractivity contribution is 6.06. The fourth-order valence-electron chi connectivity index (χ4n) is 2.53. The molecule has 0 atom stereocenters. The van der Waals surface area contributed by atoms with Gasteiger partial charge in [-0.15, -0.1) is 0 Å². The molecule has 8 heteroatoms. The number of amides is 2. The Labute approximate surface area is 174 Å². The van der Waals surface area contributed by atoms with Crippen LogP contribution in [0.4, 0.5) is 11.4 Å². The lowest BCUT2D eigenvalue weighted by Gasteiger charge is -2.17. The molecule has 2 aromatic carbocycles. The average molecular weight is 412 g/mol. The van der Waals surface area contributed by atoms with Crippen LogP contribution in [0.3, 0.4) is 0 Å². The minimum absolute atomic E-state index is 0.286. The predicted octanol–water partition coefficient (Wildman–Crippen LogP) is 3.62. The zero-order chi connectivity index (χ0) is 22.1. The Kier molecular flexibility index (Phi) is 7.99. The monoisotopic (exact) mass is 412 g/mol. The van der Waals surface area contributed by atoms with Gasteiger partial charge >= 0.3 is 5.97 Å². The summed E-state index contributed by atoms with van der Waals surface area (Å²) in [6.45, 7) is 6.13. The molecule has 0 radical (unpaired) electrons. The van der Waals surface area contributed by atoms with Crippen LogP contribution >= 0.6 is 0 Å². The molecule has 3 N–H and O–H groups in total. The quantitative estimate of drug-likeness (QED) is 0.542. The van der Waals surface area contributed by atoms with Crippen LogP contribution in [0.25, 0.3) is 0 Å². The second kappa shape index (κ2) is 10.7. The van der Waals surface area contributed by atoms with E-state index in [4.69, 9.17) is 14.6 Å². The van der Waals surface area contributed by atoms with Crippen LogP contribution in [0, 0.1) is 6.92 Å². The third-order valence-corrected chi connectivity index (χ3v) is 3.88. The molecule has 2 aromatic rings. The van der Waals surface area contributed by atoms with Gasteiger partial charge in [0.25, 0.3) is 5.91 Å². The molecule has 2 rings (SSSR count). The number of anilines is 2. The summed E-state index contributed by atoms with van der Waals surface area (Å²) >= 11 is 0. The molecule has 8 nitrogen and oxygen atoms in total. The Morgan fingerprint density at radius 2 is 1.43 bits per heavy atom. The van der Waals surface area contributed by atoms with Crippen molar-refractivity contribution in [2.24, 2.45) is 0 Å². The van der Waals surface area contributed by atoms with Crippen molar-refractivity contribution in [3.8, 4) is 11.5 Å². The Hall–Kier alpha value is -3.81. The van der Waals surface area contributed by atoms with Crippen LogP contribution < -0.4 is 20.1 Å². The second-order valence-corrected chi connectivity index (χ2v) is 6.19. The smallest absolute Gasteiger partial charge is 0.328 e. The van der Waals surface area contributed by atoms with Gasteiger partial charge in [-0.1, -0.05) is 17.7 Å². The van der Waals surface area contributed by atoms with E-state index in [0.717, 1.165) is 17.7 Å². The van der Waals surface area contributed by atoms with Gasteiger partial charge in [-0.3, -0.25) is 9.59 Å². The fourth-order valence-corrected chi connectivity index (χ4v) is 2.53. The van der Waals surface area contributed by atoms with Gasteiger partial charge < -0.3 is 25.2 Å². The van der Waals surface area contributed by atoms with Crippen LogP contribution in [0.15, 0.2) is 48.6 Å². The maximum absolute atomic E-state index is 12.6. The maximum atomic E-state index is 12.6. The molecule has 0 aliphatic rings. The topological polar surface area (TPSA) is 114 Å². The number of carbonyl (C=O) groups excluding carboxylic acids is 2. The molecular weight excluding hydrogens is 388 g/mol. The summed E-state index contributed by atoms with van der Waals surface area (Å²) in [5.41, 5.74) is 2.19. The van der Waals surface area contributed by atoms with Gasteiger partial charge in [-0.2, -0.15) is 0 Å². The minimum atomic E-state index is -1.24. The van der Waals surface area contributed by atoms with Crippen molar-refractivity contribution in [3.63, 3.8) is 0 Å². The molecule has 0 saturated heterocycles.